The second kappa shape index (κ2) is 8.85. The van der Waals surface area contributed by atoms with Crippen LogP contribution in [-0.2, 0) is 19.1 Å². The summed E-state index contributed by atoms with van der Waals surface area (Å²) in [6, 6.07) is 5.69. The average Bonchev–Trinajstić information content (AvgIpc) is 2.92. The molecule has 0 bridgehead atoms. The molecule has 2 rings (SSSR count). The van der Waals surface area contributed by atoms with E-state index in [1.54, 1.807) is 32.0 Å². The number of hydrogen-bond acceptors (Lipinski definition) is 6. The van der Waals surface area contributed by atoms with E-state index in [0.717, 1.165) is 4.90 Å². The third-order valence-corrected chi connectivity index (χ3v) is 4.95. The standard InChI is InChI=1S/C20H25N3O6/c1-5-20(6-2)18(27)23(19(28)22-20)11-16(25)29-13(4)17(26)21-15-9-7-8-14(10-15)12(3)24/h7-10,13H,5-6,11H2,1-4H3,(H,21,26)(H,22,28)/t13-/m0/s1. The summed E-state index contributed by atoms with van der Waals surface area (Å²) in [4.78, 5) is 61.2. The highest BCUT2D eigenvalue weighted by atomic mass is 16.5. The lowest BCUT2D eigenvalue weighted by molar-refractivity contribution is -0.155. The van der Waals surface area contributed by atoms with Gasteiger partial charge >= 0.3 is 12.0 Å². The van der Waals surface area contributed by atoms with E-state index in [1.165, 1.54) is 19.9 Å². The third-order valence-electron chi connectivity index (χ3n) is 4.95. The number of anilines is 1. The Labute approximate surface area is 168 Å². The van der Waals surface area contributed by atoms with Crippen molar-refractivity contribution < 1.29 is 28.7 Å². The molecule has 1 aliphatic rings. The van der Waals surface area contributed by atoms with Gasteiger partial charge in [-0.1, -0.05) is 26.0 Å². The van der Waals surface area contributed by atoms with Gasteiger partial charge in [-0.15, -0.1) is 0 Å². The summed E-state index contributed by atoms with van der Waals surface area (Å²) in [5.41, 5.74) is -0.195. The predicted octanol–water partition coefficient (Wildman–Crippen LogP) is 1.87. The number of imide groups is 1. The fraction of sp³-hybridized carbons (Fsp3) is 0.450. The first-order valence-electron chi connectivity index (χ1n) is 9.39. The minimum Gasteiger partial charge on any atom is -0.451 e. The lowest BCUT2D eigenvalue weighted by atomic mass is 9.93. The van der Waals surface area contributed by atoms with E-state index in [1.807, 2.05) is 0 Å². The first-order valence-corrected chi connectivity index (χ1v) is 9.39. The molecule has 1 fully saturated rings. The number of rotatable bonds is 8. The van der Waals surface area contributed by atoms with Crippen molar-refractivity contribution in [2.24, 2.45) is 0 Å². The zero-order chi connectivity index (χ0) is 21.8. The predicted molar refractivity (Wildman–Crippen MR) is 104 cm³/mol. The lowest BCUT2D eigenvalue weighted by Gasteiger charge is -2.23. The van der Waals surface area contributed by atoms with E-state index in [2.05, 4.69) is 10.6 Å². The lowest BCUT2D eigenvalue weighted by Crippen LogP contribution is -2.46. The summed E-state index contributed by atoms with van der Waals surface area (Å²) in [5.74, 6) is -2.11. The Hall–Kier alpha value is -3.23. The van der Waals surface area contributed by atoms with Gasteiger partial charge in [0.05, 0.1) is 0 Å². The Balaban J connectivity index is 1.96. The second-order valence-corrected chi connectivity index (χ2v) is 6.87. The van der Waals surface area contributed by atoms with Crippen LogP contribution in [0.15, 0.2) is 24.3 Å². The van der Waals surface area contributed by atoms with E-state index in [-0.39, 0.29) is 5.78 Å². The van der Waals surface area contributed by atoms with Crippen molar-refractivity contribution in [1.29, 1.82) is 0 Å². The second-order valence-electron chi connectivity index (χ2n) is 6.87. The molecule has 1 aliphatic heterocycles. The molecule has 1 saturated heterocycles. The van der Waals surface area contributed by atoms with Gasteiger partial charge in [-0.2, -0.15) is 0 Å². The summed E-state index contributed by atoms with van der Waals surface area (Å²) in [6.07, 6.45) is -0.360. The number of ketones is 1. The van der Waals surface area contributed by atoms with Crippen LogP contribution in [0, 0.1) is 0 Å². The number of urea groups is 1. The number of nitrogens with one attached hydrogen (secondary N) is 2. The van der Waals surface area contributed by atoms with Crippen molar-refractivity contribution in [3.8, 4) is 0 Å². The fourth-order valence-corrected chi connectivity index (χ4v) is 3.03. The molecule has 1 aromatic carbocycles. The summed E-state index contributed by atoms with van der Waals surface area (Å²) < 4.78 is 5.06. The minimum atomic E-state index is -1.16. The Kier molecular flexibility index (Phi) is 6.73. The molecule has 1 heterocycles. The molecule has 2 N–H and O–H groups in total. The number of carbonyl (C=O) groups is 5. The van der Waals surface area contributed by atoms with Crippen LogP contribution in [0.3, 0.4) is 0 Å². The van der Waals surface area contributed by atoms with Gasteiger partial charge in [0, 0.05) is 11.3 Å². The van der Waals surface area contributed by atoms with Crippen LogP contribution in [0.1, 0.15) is 50.9 Å². The van der Waals surface area contributed by atoms with Crippen molar-refractivity contribution in [1.82, 2.24) is 10.2 Å². The van der Waals surface area contributed by atoms with Gasteiger partial charge < -0.3 is 15.4 Å². The van der Waals surface area contributed by atoms with E-state index < -0.39 is 42.0 Å². The van der Waals surface area contributed by atoms with Crippen LogP contribution in [0.2, 0.25) is 0 Å². The molecule has 156 valence electrons. The van der Waals surface area contributed by atoms with Gasteiger partial charge in [-0.25, -0.2) is 4.79 Å². The molecule has 4 amide bonds. The molecule has 0 aliphatic carbocycles. The number of hydrogen-bond donors (Lipinski definition) is 2. The molecule has 0 saturated carbocycles. The SMILES string of the molecule is CCC1(CC)NC(=O)N(CC(=O)O[C@@H](C)C(=O)Nc2cccc(C(C)=O)c2)C1=O. The number of esters is 1. The number of amides is 4. The van der Waals surface area contributed by atoms with E-state index in [4.69, 9.17) is 4.74 Å². The van der Waals surface area contributed by atoms with Crippen molar-refractivity contribution in [3.63, 3.8) is 0 Å². The maximum atomic E-state index is 12.5. The van der Waals surface area contributed by atoms with Crippen molar-refractivity contribution in [2.45, 2.75) is 52.2 Å². The highest BCUT2D eigenvalue weighted by Gasteiger charge is 2.49. The largest absolute Gasteiger partial charge is 0.451 e. The smallest absolute Gasteiger partial charge is 0.327 e. The molecule has 9 heteroatoms. The maximum absolute atomic E-state index is 12.5. The van der Waals surface area contributed by atoms with Crippen LogP contribution in [0.25, 0.3) is 0 Å². The number of nitrogens with zero attached hydrogens (tertiary/aromatic N) is 1. The Morgan fingerprint density at radius 1 is 1.21 bits per heavy atom. The molecule has 1 aromatic rings. The van der Waals surface area contributed by atoms with Crippen LogP contribution < -0.4 is 10.6 Å². The van der Waals surface area contributed by atoms with Crippen LogP contribution in [0.5, 0.6) is 0 Å². The van der Waals surface area contributed by atoms with Gasteiger partial charge in [0.25, 0.3) is 11.8 Å². The van der Waals surface area contributed by atoms with Gasteiger partial charge in [-0.05, 0) is 38.8 Å². The first kappa shape index (κ1) is 22.1. The van der Waals surface area contributed by atoms with Crippen molar-refractivity contribution >= 4 is 35.3 Å². The highest BCUT2D eigenvalue weighted by Crippen LogP contribution is 2.24. The fourth-order valence-electron chi connectivity index (χ4n) is 3.03. The number of benzene rings is 1. The Morgan fingerprint density at radius 2 is 1.86 bits per heavy atom. The van der Waals surface area contributed by atoms with E-state index >= 15 is 0 Å². The maximum Gasteiger partial charge on any atom is 0.327 e. The molecule has 29 heavy (non-hydrogen) atoms. The van der Waals surface area contributed by atoms with Crippen LogP contribution in [0.4, 0.5) is 10.5 Å². The van der Waals surface area contributed by atoms with Gasteiger partial charge in [0.15, 0.2) is 11.9 Å². The zero-order valence-electron chi connectivity index (χ0n) is 16.9. The van der Waals surface area contributed by atoms with E-state index in [0.29, 0.717) is 24.1 Å². The normalized spacial score (nSPS) is 16.2. The zero-order valence-corrected chi connectivity index (χ0v) is 16.9. The molecular formula is C20H25N3O6. The summed E-state index contributed by atoms with van der Waals surface area (Å²) in [5, 5.41) is 5.17. The molecule has 0 aromatic heterocycles. The quantitative estimate of drug-likeness (QED) is 0.388. The first-order chi connectivity index (χ1) is 13.6. The average molecular weight is 403 g/mol. The topological polar surface area (TPSA) is 122 Å². The molecule has 0 spiro atoms. The number of carbonyl (C=O) groups excluding carboxylic acids is 5. The van der Waals surface area contributed by atoms with Gasteiger partial charge in [0.1, 0.15) is 12.1 Å². The summed E-state index contributed by atoms with van der Waals surface area (Å²) in [7, 11) is 0. The number of Topliss-reactive ketones (excluding diaryl/α,β-unsaturated/α-hetero) is 1. The summed E-state index contributed by atoms with van der Waals surface area (Å²) >= 11 is 0. The molecule has 0 unspecified atom stereocenters. The van der Waals surface area contributed by atoms with Gasteiger partial charge in [-0.3, -0.25) is 24.1 Å². The van der Waals surface area contributed by atoms with Crippen LogP contribution in [-0.4, -0.2) is 52.7 Å². The summed E-state index contributed by atoms with van der Waals surface area (Å²) in [6.45, 7) is 5.75. The number of ether oxygens (including phenoxy) is 1. The Bertz CT molecular complexity index is 846. The molecule has 0 radical (unpaired) electrons. The van der Waals surface area contributed by atoms with Crippen molar-refractivity contribution in [2.75, 3.05) is 11.9 Å². The van der Waals surface area contributed by atoms with Gasteiger partial charge in [0.2, 0.25) is 0 Å². The molecule has 1 atom stereocenters. The third kappa shape index (κ3) is 4.79. The molecule has 9 nitrogen and oxygen atoms in total. The van der Waals surface area contributed by atoms with Crippen molar-refractivity contribution in [3.05, 3.63) is 29.8 Å². The Morgan fingerprint density at radius 3 is 2.41 bits per heavy atom. The van der Waals surface area contributed by atoms with E-state index in [9.17, 15) is 24.0 Å². The monoisotopic (exact) mass is 403 g/mol. The molecular weight excluding hydrogens is 378 g/mol. The minimum absolute atomic E-state index is 0.149. The highest BCUT2D eigenvalue weighted by molar-refractivity contribution is 6.08. The van der Waals surface area contributed by atoms with Crippen LogP contribution >= 0.6 is 0 Å².